The van der Waals surface area contributed by atoms with E-state index in [9.17, 15) is 4.79 Å². The zero-order valence-corrected chi connectivity index (χ0v) is 13.2. The lowest BCUT2D eigenvalue weighted by atomic mass is 10.0. The average Bonchev–Trinajstić information content (AvgIpc) is 2.45. The first-order valence-electron chi connectivity index (χ1n) is 8.09. The fraction of sp³-hybridized carbons (Fsp3) is 0.588. The van der Waals surface area contributed by atoms with Crippen molar-refractivity contribution in [1.29, 1.82) is 0 Å². The number of benzene rings is 1. The fourth-order valence-electron chi connectivity index (χ4n) is 2.79. The maximum absolute atomic E-state index is 11.4. The van der Waals surface area contributed by atoms with Crippen LogP contribution in [0.5, 0.6) is 0 Å². The van der Waals surface area contributed by atoms with Crippen LogP contribution in [0.15, 0.2) is 12.1 Å². The second kappa shape index (κ2) is 7.34. The number of rotatable bonds is 7. The number of anilines is 3. The molecule has 4 nitrogen and oxygen atoms in total. The molecule has 116 valence electrons. The molecule has 1 aliphatic heterocycles. The summed E-state index contributed by atoms with van der Waals surface area (Å²) in [6, 6.07) is 4.38. The largest absolute Gasteiger partial charge is 0.397 e. The Morgan fingerprint density at radius 1 is 1.29 bits per heavy atom. The summed E-state index contributed by atoms with van der Waals surface area (Å²) in [4.78, 5) is 11.4. The minimum atomic E-state index is 0.0758. The zero-order valence-electron chi connectivity index (χ0n) is 13.2. The van der Waals surface area contributed by atoms with Gasteiger partial charge in [-0.2, -0.15) is 0 Å². The molecule has 21 heavy (non-hydrogen) atoms. The highest BCUT2D eigenvalue weighted by molar-refractivity contribution is 5.95. The normalized spacial score (nSPS) is 15.2. The van der Waals surface area contributed by atoms with E-state index in [4.69, 9.17) is 5.73 Å². The SMILES string of the molecule is CCCCCCC(C)Nc1cc2c(cc1N)NC(=O)CC2. The van der Waals surface area contributed by atoms with Gasteiger partial charge in [0.1, 0.15) is 0 Å². The summed E-state index contributed by atoms with van der Waals surface area (Å²) in [7, 11) is 0. The van der Waals surface area contributed by atoms with Crippen LogP contribution in [0.2, 0.25) is 0 Å². The van der Waals surface area contributed by atoms with Crippen LogP contribution < -0.4 is 16.4 Å². The molecule has 4 heteroatoms. The van der Waals surface area contributed by atoms with E-state index in [0.717, 1.165) is 24.2 Å². The van der Waals surface area contributed by atoms with E-state index < -0.39 is 0 Å². The number of nitrogens with one attached hydrogen (secondary N) is 2. The summed E-state index contributed by atoms with van der Waals surface area (Å²) in [6.45, 7) is 4.43. The number of carbonyl (C=O) groups is 1. The van der Waals surface area contributed by atoms with Crippen molar-refractivity contribution in [3.8, 4) is 0 Å². The first kappa shape index (κ1) is 15.7. The highest BCUT2D eigenvalue weighted by Gasteiger charge is 2.17. The lowest BCUT2D eigenvalue weighted by Crippen LogP contribution is -2.21. The molecule has 0 aromatic heterocycles. The molecule has 1 amide bonds. The van der Waals surface area contributed by atoms with Gasteiger partial charge < -0.3 is 16.4 Å². The monoisotopic (exact) mass is 289 g/mol. The minimum absolute atomic E-state index is 0.0758. The highest BCUT2D eigenvalue weighted by Crippen LogP contribution is 2.31. The van der Waals surface area contributed by atoms with Crippen LogP contribution in [-0.4, -0.2) is 11.9 Å². The molecular formula is C17H27N3O. The highest BCUT2D eigenvalue weighted by atomic mass is 16.1. The predicted molar refractivity (Wildman–Crippen MR) is 89.6 cm³/mol. The molecule has 1 aliphatic rings. The van der Waals surface area contributed by atoms with Crippen molar-refractivity contribution < 1.29 is 4.79 Å². The Hall–Kier alpha value is -1.71. The summed E-state index contributed by atoms with van der Waals surface area (Å²) >= 11 is 0. The number of carbonyl (C=O) groups excluding carboxylic acids is 1. The predicted octanol–water partition coefficient (Wildman–Crippen LogP) is 3.92. The van der Waals surface area contributed by atoms with E-state index in [1.807, 2.05) is 6.07 Å². The van der Waals surface area contributed by atoms with Gasteiger partial charge in [-0.25, -0.2) is 0 Å². The maximum Gasteiger partial charge on any atom is 0.224 e. The second-order valence-electron chi connectivity index (χ2n) is 6.04. The van der Waals surface area contributed by atoms with Crippen LogP contribution in [0.1, 0.15) is 57.9 Å². The van der Waals surface area contributed by atoms with Gasteiger partial charge in [-0.1, -0.05) is 32.6 Å². The zero-order chi connectivity index (χ0) is 15.2. The molecule has 2 rings (SSSR count). The summed E-state index contributed by atoms with van der Waals surface area (Å²) < 4.78 is 0. The number of aryl methyl sites for hydroxylation is 1. The third kappa shape index (κ3) is 4.38. The van der Waals surface area contributed by atoms with E-state index in [-0.39, 0.29) is 5.91 Å². The fourth-order valence-corrected chi connectivity index (χ4v) is 2.79. The van der Waals surface area contributed by atoms with Crippen molar-refractivity contribution in [2.45, 2.75) is 64.8 Å². The van der Waals surface area contributed by atoms with E-state index in [1.54, 1.807) is 0 Å². The van der Waals surface area contributed by atoms with Gasteiger partial charge in [-0.3, -0.25) is 4.79 Å². The topological polar surface area (TPSA) is 67.2 Å². The van der Waals surface area contributed by atoms with Gasteiger partial charge >= 0.3 is 0 Å². The van der Waals surface area contributed by atoms with Crippen LogP contribution >= 0.6 is 0 Å². The van der Waals surface area contributed by atoms with E-state index in [2.05, 4.69) is 30.5 Å². The lowest BCUT2D eigenvalue weighted by molar-refractivity contribution is -0.116. The molecule has 0 saturated carbocycles. The lowest BCUT2D eigenvalue weighted by Gasteiger charge is -2.22. The van der Waals surface area contributed by atoms with Crippen molar-refractivity contribution in [2.24, 2.45) is 0 Å². The van der Waals surface area contributed by atoms with Crippen LogP contribution in [0, 0.1) is 0 Å². The quantitative estimate of drug-likeness (QED) is 0.526. The third-order valence-electron chi connectivity index (χ3n) is 4.06. The van der Waals surface area contributed by atoms with E-state index in [1.165, 1.54) is 31.2 Å². The summed E-state index contributed by atoms with van der Waals surface area (Å²) in [5.74, 6) is 0.0758. The molecule has 0 aliphatic carbocycles. The molecule has 1 atom stereocenters. The van der Waals surface area contributed by atoms with Crippen LogP contribution in [-0.2, 0) is 11.2 Å². The Morgan fingerprint density at radius 3 is 2.86 bits per heavy atom. The number of nitrogen functional groups attached to an aromatic ring is 1. The van der Waals surface area contributed by atoms with E-state index >= 15 is 0 Å². The Balaban J connectivity index is 1.95. The average molecular weight is 289 g/mol. The van der Waals surface area contributed by atoms with Crippen molar-refractivity contribution >= 4 is 23.0 Å². The Bertz CT molecular complexity index is 499. The molecule has 1 aromatic rings. The van der Waals surface area contributed by atoms with Crippen molar-refractivity contribution in [2.75, 3.05) is 16.4 Å². The minimum Gasteiger partial charge on any atom is -0.397 e. The van der Waals surface area contributed by atoms with E-state index in [0.29, 0.717) is 18.2 Å². The van der Waals surface area contributed by atoms with Crippen molar-refractivity contribution in [1.82, 2.24) is 0 Å². The molecule has 1 aromatic carbocycles. The van der Waals surface area contributed by atoms with Crippen molar-refractivity contribution in [3.05, 3.63) is 17.7 Å². The van der Waals surface area contributed by atoms with Crippen LogP contribution in [0.4, 0.5) is 17.1 Å². The Kier molecular flexibility index (Phi) is 5.48. The Morgan fingerprint density at radius 2 is 2.10 bits per heavy atom. The van der Waals surface area contributed by atoms with Crippen molar-refractivity contribution in [3.63, 3.8) is 0 Å². The molecule has 4 N–H and O–H groups in total. The number of hydrogen-bond acceptors (Lipinski definition) is 3. The van der Waals surface area contributed by atoms with Gasteiger partial charge in [0.25, 0.3) is 0 Å². The third-order valence-corrected chi connectivity index (χ3v) is 4.06. The Labute approximate surface area is 127 Å². The number of nitrogens with two attached hydrogens (primary N) is 1. The summed E-state index contributed by atoms with van der Waals surface area (Å²) in [5, 5.41) is 6.39. The van der Waals surface area contributed by atoms with Crippen LogP contribution in [0.3, 0.4) is 0 Å². The van der Waals surface area contributed by atoms with Crippen LogP contribution in [0.25, 0.3) is 0 Å². The first-order valence-corrected chi connectivity index (χ1v) is 8.09. The number of unbranched alkanes of at least 4 members (excludes halogenated alkanes) is 3. The van der Waals surface area contributed by atoms with Gasteiger partial charge in [0.15, 0.2) is 0 Å². The molecule has 0 spiro atoms. The molecule has 0 saturated heterocycles. The first-order chi connectivity index (χ1) is 10.1. The standard InChI is InChI=1S/C17H27N3O/c1-3-4-5-6-7-12(2)19-16-10-13-8-9-17(21)20-15(13)11-14(16)18/h10-12,19H,3-9,18H2,1-2H3,(H,20,21). The molecule has 0 bridgehead atoms. The summed E-state index contributed by atoms with van der Waals surface area (Å²) in [5.41, 5.74) is 9.84. The van der Waals surface area contributed by atoms with Gasteiger partial charge in [-0.05, 0) is 37.5 Å². The molecule has 1 heterocycles. The maximum atomic E-state index is 11.4. The van der Waals surface area contributed by atoms with Gasteiger partial charge in [-0.15, -0.1) is 0 Å². The number of fused-ring (bicyclic) bond motifs is 1. The smallest absolute Gasteiger partial charge is 0.224 e. The molecule has 0 fully saturated rings. The van der Waals surface area contributed by atoms with Gasteiger partial charge in [0, 0.05) is 18.2 Å². The molecule has 0 radical (unpaired) electrons. The number of amides is 1. The second-order valence-corrected chi connectivity index (χ2v) is 6.04. The van der Waals surface area contributed by atoms with Gasteiger partial charge in [0.05, 0.1) is 11.4 Å². The summed E-state index contributed by atoms with van der Waals surface area (Å²) in [6.07, 6.45) is 7.65. The number of hydrogen-bond donors (Lipinski definition) is 3. The molecular weight excluding hydrogens is 262 g/mol. The molecule has 1 unspecified atom stereocenters. The van der Waals surface area contributed by atoms with Gasteiger partial charge in [0.2, 0.25) is 5.91 Å².